The molecule has 0 saturated carbocycles. The van der Waals surface area contributed by atoms with Crippen LogP contribution in [-0.4, -0.2) is 35.7 Å². The number of nitrogens with zero attached hydrogens (tertiary/aromatic N) is 1. The Labute approximate surface area is 98.4 Å². The Hall–Kier alpha value is -2.17. The van der Waals surface area contributed by atoms with E-state index in [1.165, 1.54) is 0 Å². The first-order chi connectivity index (χ1) is 8.08. The van der Waals surface area contributed by atoms with Crippen LogP contribution in [0.3, 0.4) is 0 Å². The van der Waals surface area contributed by atoms with Gasteiger partial charge in [-0.1, -0.05) is 17.7 Å². The van der Waals surface area contributed by atoms with Crippen LogP contribution < -0.4 is 5.32 Å². The van der Waals surface area contributed by atoms with Gasteiger partial charge in [0.1, 0.15) is 6.54 Å². The normalized spacial score (nSPS) is 15.7. The molecule has 3 amide bonds. The minimum Gasteiger partial charge on any atom is -0.345 e. The molecule has 1 aromatic rings. The predicted octanol–water partition coefficient (Wildman–Crippen LogP) is 0.0936. The van der Waals surface area contributed by atoms with Gasteiger partial charge in [-0.3, -0.25) is 19.3 Å². The molecule has 1 fully saturated rings. The summed E-state index contributed by atoms with van der Waals surface area (Å²) >= 11 is 0. The quantitative estimate of drug-likeness (QED) is 0.698. The van der Waals surface area contributed by atoms with Crippen molar-refractivity contribution < 1.29 is 14.4 Å². The first-order valence-electron chi connectivity index (χ1n) is 5.26. The van der Waals surface area contributed by atoms with Gasteiger partial charge in [-0.15, -0.1) is 0 Å². The number of hydrogen-bond donors (Lipinski definition) is 1. The lowest BCUT2D eigenvalue weighted by molar-refractivity contribution is -0.137. The highest BCUT2D eigenvalue weighted by Gasteiger charge is 2.29. The van der Waals surface area contributed by atoms with Gasteiger partial charge in [-0.2, -0.15) is 0 Å². The lowest BCUT2D eigenvalue weighted by Crippen LogP contribution is -2.53. The second-order valence-corrected chi connectivity index (χ2v) is 3.93. The highest BCUT2D eigenvalue weighted by atomic mass is 16.2. The SMILES string of the molecule is Cc1ccc(C(=O)N2CC(=O)NCC2=O)cc1. The number of imide groups is 1. The molecule has 1 aliphatic heterocycles. The average Bonchev–Trinajstić information content (AvgIpc) is 2.32. The van der Waals surface area contributed by atoms with Crippen LogP contribution >= 0.6 is 0 Å². The van der Waals surface area contributed by atoms with Crippen LogP contribution in [-0.2, 0) is 9.59 Å². The number of carbonyl (C=O) groups is 3. The maximum Gasteiger partial charge on any atom is 0.260 e. The zero-order valence-corrected chi connectivity index (χ0v) is 9.40. The number of amides is 3. The largest absolute Gasteiger partial charge is 0.345 e. The summed E-state index contributed by atoms with van der Waals surface area (Å²) in [6.07, 6.45) is 0. The Morgan fingerprint density at radius 1 is 1.24 bits per heavy atom. The van der Waals surface area contributed by atoms with Gasteiger partial charge in [-0.25, -0.2) is 0 Å². The molecule has 0 atom stereocenters. The number of benzene rings is 1. The maximum absolute atomic E-state index is 12.0. The van der Waals surface area contributed by atoms with Gasteiger partial charge in [0.25, 0.3) is 5.91 Å². The summed E-state index contributed by atoms with van der Waals surface area (Å²) in [6, 6.07) is 6.89. The Morgan fingerprint density at radius 3 is 2.53 bits per heavy atom. The maximum atomic E-state index is 12.0. The fourth-order valence-corrected chi connectivity index (χ4v) is 1.59. The molecule has 1 heterocycles. The molecule has 0 aliphatic carbocycles. The number of hydrogen-bond acceptors (Lipinski definition) is 3. The Kier molecular flexibility index (Phi) is 2.91. The van der Waals surface area contributed by atoms with E-state index >= 15 is 0 Å². The molecule has 1 saturated heterocycles. The Morgan fingerprint density at radius 2 is 1.88 bits per heavy atom. The Bertz CT molecular complexity index is 479. The number of piperazine rings is 1. The summed E-state index contributed by atoms with van der Waals surface area (Å²) in [6.45, 7) is 1.59. The smallest absolute Gasteiger partial charge is 0.260 e. The first-order valence-corrected chi connectivity index (χ1v) is 5.26. The van der Waals surface area contributed by atoms with Crippen molar-refractivity contribution in [2.24, 2.45) is 0 Å². The molecule has 1 aromatic carbocycles. The molecule has 88 valence electrons. The van der Waals surface area contributed by atoms with Crippen LogP contribution in [0.2, 0.25) is 0 Å². The topological polar surface area (TPSA) is 66.5 Å². The molecule has 0 bridgehead atoms. The molecule has 0 spiro atoms. The van der Waals surface area contributed by atoms with Crippen molar-refractivity contribution in [2.45, 2.75) is 6.92 Å². The average molecular weight is 232 g/mol. The number of nitrogens with one attached hydrogen (secondary N) is 1. The predicted molar refractivity (Wildman–Crippen MR) is 60.2 cm³/mol. The molecule has 0 aromatic heterocycles. The van der Waals surface area contributed by atoms with Crippen LogP contribution in [0, 0.1) is 6.92 Å². The van der Waals surface area contributed by atoms with Crippen LogP contribution in [0.15, 0.2) is 24.3 Å². The summed E-state index contributed by atoms with van der Waals surface area (Å²) in [5, 5.41) is 2.39. The standard InChI is InChI=1S/C12H12N2O3/c1-8-2-4-9(5-3-8)12(17)14-7-10(15)13-6-11(14)16/h2-5H,6-7H2,1H3,(H,13,15). The zero-order valence-electron chi connectivity index (χ0n) is 9.40. The zero-order chi connectivity index (χ0) is 12.4. The molecule has 0 radical (unpaired) electrons. The van der Waals surface area contributed by atoms with Crippen molar-refractivity contribution in [3.63, 3.8) is 0 Å². The molecule has 17 heavy (non-hydrogen) atoms. The van der Waals surface area contributed by atoms with E-state index in [0.29, 0.717) is 5.56 Å². The fraction of sp³-hybridized carbons (Fsp3) is 0.250. The molecule has 1 aliphatic rings. The van der Waals surface area contributed by atoms with Gasteiger partial charge in [0, 0.05) is 5.56 Å². The van der Waals surface area contributed by atoms with Crippen molar-refractivity contribution in [2.75, 3.05) is 13.1 Å². The third-order valence-electron chi connectivity index (χ3n) is 2.58. The summed E-state index contributed by atoms with van der Waals surface area (Å²) < 4.78 is 0. The molecule has 2 rings (SSSR count). The lowest BCUT2D eigenvalue weighted by atomic mass is 10.1. The van der Waals surface area contributed by atoms with E-state index in [1.807, 2.05) is 6.92 Å². The van der Waals surface area contributed by atoms with Gasteiger partial charge < -0.3 is 5.32 Å². The summed E-state index contributed by atoms with van der Waals surface area (Å²) in [5.41, 5.74) is 1.45. The van der Waals surface area contributed by atoms with Crippen molar-refractivity contribution in [1.82, 2.24) is 10.2 Å². The first kappa shape index (κ1) is 11.3. The number of rotatable bonds is 1. The van der Waals surface area contributed by atoms with E-state index in [1.54, 1.807) is 24.3 Å². The van der Waals surface area contributed by atoms with Crippen molar-refractivity contribution in [1.29, 1.82) is 0 Å². The minimum absolute atomic E-state index is 0.115. The second-order valence-electron chi connectivity index (χ2n) is 3.93. The van der Waals surface area contributed by atoms with Gasteiger partial charge in [0.2, 0.25) is 11.8 Å². The minimum atomic E-state index is -0.426. The van der Waals surface area contributed by atoms with Gasteiger partial charge in [-0.05, 0) is 19.1 Å². The van der Waals surface area contributed by atoms with Crippen molar-refractivity contribution >= 4 is 17.7 Å². The van der Waals surface area contributed by atoms with Gasteiger partial charge >= 0.3 is 0 Å². The molecular formula is C12H12N2O3. The lowest BCUT2D eigenvalue weighted by Gasteiger charge is -2.24. The summed E-state index contributed by atoms with van der Waals surface area (Å²) in [4.78, 5) is 35.6. The third kappa shape index (κ3) is 2.33. The molecule has 0 unspecified atom stereocenters. The highest BCUT2D eigenvalue weighted by molar-refractivity contribution is 6.09. The fourth-order valence-electron chi connectivity index (χ4n) is 1.59. The van der Waals surface area contributed by atoms with E-state index < -0.39 is 5.91 Å². The molecular weight excluding hydrogens is 220 g/mol. The highest BCUT2D eigenvalue weighted by Crippen LogP contribution is 2.08. The summed E-state index contributed by atoms with van der Waals surface area (Å²) in [7, 11) is 0. The van der Waals surface area contributed by atoms with Crippen LogP contribution in [0.25, 0.3) is 0 Å². The third-order valence-corrected chi connectivity index (χ3v) is 2.58. The van der Waals surface area contributed by atoms with Crippen molar-refractivity contribution in [3.8, 4) is 0 Å². The summed E-state index contributed by atoms with van der Waals surface area (Å²) in [5.74, 6) is -1.12. The monoisotopic (exact) mass is 232 g/mol. The van der Waals surface area contributed by atoms with Gasteiger partial charge in [0.15, 0.2) is 0 Å². The van der Waals surface area contributed by atoms with Crippen LogP contribution in [0.5, 0.6) is 0 Å². The number of carbonyl (C=O) groups excluding carboxylic acids is 3. The molecule has 5 nitrogen and oxygen atoms in total. The van der Waals surface area contributed by atoms with Gasteiger partial charge in [0.05, 0.1) is 6.54 Å². The Balaban J connectivity index is 2.21. The van der Waals surface area contributed by atoms with E-state index in [2.05, 4.69) is 5.32 Å². The second kappa shape index (κ2) is 4.37. The van der Waals surface area contributed by atoms with Crippen LogP contribution in [0.1, 0.15) is 15.9 Å². The van der Waals surface area contributed by atoms with Crippen molar-refractivity contribution in [3.05, 3.63) is 35.4 Å². The van der Waals surface area contributed by atoms with Crippen LogP contribution in [0.4, 0.5) is 0 Å². The number of aryl methyl sites for hydroxylation is 1. The molecule has 5 heteroatoms. The van der Waals surface area contributed by atoms with E-state index in [0.717, 1.165) is 10.5 Å². The van der Waals surface area contributed by atoms with E-state index in [4.69, 9.17) is 0 Å². The van der Waals surface area contributed by atoms with E-state index in [9.17, 15) is 14.4 Å². The van der Waals surface area contributed by atoms with E-state index in [-0.39, 0.29) is 24.9 Å². The molecule has 1 N–H and O–H groups in total.